The van der Waals surface area contributed by atoms with Crippen molar-refractivity contribution in [3.05, 3.63) is 42.0 Å². The van der Waals surface area contributed by atoms with E-state index in [2.05, 4.69) is 11.0 Å². The third-order valence-corrected chi connectivity index (χ3v) is 7.72. The first-order valence-electron chi connectivity index (χ1n) is 9.76. The van der Waals surface area contributed by atoms with E-state index in [1.807, 2.05) is 32.0 Å². The van der Waals surface area contributed by atoms with Crippen LogP contribution in [0, 0.1) is 24.2 Å². The first-order valence-corrected chi connectivity index (χ1v) is 9.76. The summed E-state index contributed by atoms with van der Waals surface area (Å²) in [4.78, 5) is 28.0. The highest BCUT2D eigenvalue weighted by Gasteiger charge is 2.77. The molecule has 27 heavy (non-hydrogen) atoms. The molecule has 1 aromatic rings. The number of aryl methyl sites for hydroxylation is 1. The van der Waals surface area contributed by atoms with Crippen molar-refractivity contribution in [2.75, 3.05) is 11.4 Å². The molecule has 1 spiro atoms. The molecule has 1 saturated carbocycles. The Hall–Kier alpha value is -2.14. The van der Waals surface area contributed by atoms with Crippen LogP contribution in [0.2, 0.25) is 0 Å². The maximum Gasteiger partial charge on any atom is 0.334 e. The van der Waals surface area contributed by atoms with Gasteiger partial charge in [-0.15, -0.1) is 0 Å². The standard InChI is InChI=1S/C22H25NO4/c1-13-5-4-6-15(11-13)23-12-21(23)16-8-7-14(2)22(26)10-9-17(24)20(22,3)18(16)27-19(21)25/h4-6,9-11,14,16,18,26H,7-8,12H2,1-3H3/t14-,16+,18+,20-,21?,22+,23?/m0/s1. The van der Waals surface area contributed by atoms with E-state index in [0.717, 1.165) is 24.1 Å². The van der Waals surface area contributed by atoms with Crippen molar-refractivity contribution in [3.8, 4) is 0 Å². The second-order valence-corrected chi connectivity index (χ2v) is 8.99. The Morgan fingerprint density at radius 2 is 2.04 bits per heavy atom. The van der Waals surface area contributed by atoms with Crippen LogP contribution in [0.5, 0.6) is 0 Å². The Kier molecular flexibility index (Phi) is 3.16. The molecule has 1 aromatic carbocycles. The minimum atomic E-state index is -1.27. The summed E-state index contributed by atoms with van der Waals surface area (Å²) >= 11 is 0. The molecule has 2 aliphatic carbocycles. The van der Waals surface area contributed by atoms with Gasteiger partial charge in [-0.2, -0.15) is 0 Å². The molecule has 6 atom stereocenters. The molecule has 2 aliphatic heterocycles. The van der Waals surface area contributed by atoms with Crippen LogP contribution in [0.3, 0.4) is 0 Å². The van der Waals surface area contributed by atoms with Gasteiger partial charge < -0.3 is 14.7 Å². The minimum absolute atomic E-state index is 0.0716. The molecular formula is C22H25NO4. The first kappa shape index (κ1) is 17.0. The monoisotopic (exact) mass is 367 g/mol. The van der Waals surface area contributed by atoms with E-state index in [1.165, 1.54) is 6.08 Å². The largest absolute Gasteiger partial charge is 0.459 e. The summed E-state index contributed by atoms with van der Waals surface area (Å²) in [7, 11) is 0. The number of benzene rings is 1. The molecule has 0 bridgehead atoms. The molecule has 2 saturated heterocycles. The number of nitrogens with zero attached hydrogens (tertiary/aromatic N) is 1. The number of aliphatic hydroxyl groups is 1. The number of rotatable bonds is 1. The number of esters is 1. The van der Waals surface area contributed by atoms with Crippen molar-refractivity contribution in [3.63, 3.8) is 0 Å². The SMILES string of the molecule is Cc1cccc(N2CC23C(=O)O[C@@H]2[C@H]3CC[C@H](C)[C@]3(O)C=CC(=O)[C@@]23C)c1. The van der Waals surface area contributed by atoms with E-state index in [-0.39, 0.29) is 23.6 Å². The van der Waals surface area contributed by atoms with Crippen LogP contribution in [-0.2, 0) is 14.3 Å². The molecular weight excluding hydrogens is 342 g/mol. The highest BCUT2D eigenvalue weighted by atomic mass is 16.6. The fourth-order valence-corrected chi connectivity index (χ4v) is 5.87. The van der Waals surface area contributed by atoms with Crippen LogP contribution in [0.4, 0.5) is 5.69 Å². The average molecular weight is 367 g/mol. The minimum Gasteiger partial charge on any atom is -0.459 e. The molecule has 2 heterocycles. The predicted octanol–water partition coefficient (Wildman–Crippen LogP) is 2.40. The van der Waals surface area contributed by atoms with Gasteiger partial charge in [0.15, 0.2) is 11.3 Å². The Morgan fingerprint density at radius 3 is 2.78 bits per heavy atom. The number of allylic oxidation sites excluding steroid dienone is 1. The number of hydrogen-bond donors (Lipinski definition) is 1. The van der Waals surface area contributed by atoms with E-state index in [9.17, 15) is 14.7 Å². The van der Waals surface area contributed by atoms with Gasteiger partial charge in [-0.25, -0.2) is 4.79 Å². The zero-order valence-electron chi connectivity index (χ0n) is 15.9. The lowest BCUT2D eigenvalue weighted by molar-refractivity contribution is -0.166. The van der Waals surface area contributed by atoms with Crippen LogP contribution < -0.4 is 4.90 Å². The molecule has 5 rings (SSSR count). The summed E-state index contributed by atoms with van der Waals surface area (Å²) in [5.41, 5.74) is -0.925. The molecule has 5 heteroatoms. The maximum atomic E-state index is 13.1. The van der Waals surface area contributed by atoms with Gasteiger partial charge in [0.2, 0.25) is 0 Å². The van der Waals surface area contributed by atoms with Gasteiger partial charge in [-0.05, 0) is 62.5 Å². The predicted molar refractivity (Wildman–Crippen MR) is 100 cm³/mol. The quantitative estimate of drug-likeness (QED) is 0.610. The molecule has 142 valence electrons. The Morgan fingerprint density at radius 1 is 1.26 bits per heavy atom. The summed E-state index contributed by atoms with van der Waals surface area (Å²) in [6.07, 6.45) is 4.02. The average Bonchev–Trinajstić information content (AvgIpc) is 3.28. The lowest BCUT2D eigenvalue weighted by Gasteiger charge is -2.43. The van der Waals surface area contributed by atoms with Crippen molar-refractivity contribution >= 4 is 17.4 Å². The van der Waals surface area contributed by atoms with Gasteiger partial charge in [0.25, 0.3) is 0 Å². The van der Waals surface area contributed by atoms with Crippen molar-refractivity contribution < 1.29 is 19.4 Å². The molecule has 3 fully saturated rings. The normalized spacial score (nSPS) is 44.9. The van der Waals surface area contributed by atoms with Crippen molar-refractivity contribution in [2.45, 2.75) is 50.9 Å². The second-order valence-electron chi connectivity index (χ2n) is 8.99. The summed E-state index contributed by atoms with van der Waals surface area (Å²) < 4.78 is 5.90. The van der Waals surface area contributed by atoms with Gasteiger partial charge in [0, 0.05) is 11.6 Å². The number of ketones is 1. The van der Waals surface area contributed by atoms with E-state index in [0.29, 0.717) is 6.54 Å². The first-order chi connectivity index (χ1) is 12.7. The summed E-state index contributed by atoms with van der Waals surface area (Å²) in [6.45, 7) is 6.41. The van der Waals surface area contributed by atoms with Gasteiger partial charge in [0.05, 0.1) is 12.0 Å². The fraction of sp³-hybridized carbons (Fsp3) is 0.545. The second kappa shape index (κ2) is 5.02. The number of carbonyl (C=O) groups is 2. The number of fused-ring (bicyclic) bond motifs is 4. The van der Waals surface area contributed by atoms with E-state index in [1.54, 1.807) is 13.0 Å². The Labute approximate surface area is 159 Å². The number of hydrogen-bond acceptors (Lipinski definition) is 5. The van der Waals surface area contributed by atoms with E-state index in [4.69, 9.17) is 4.74 Å². The van der Waals surface area contributed by atoms with Gasteiger partial charge >= 0.3 is 5.97 Å². The molecule has 4 aliphatic rings. The maximum absolute atomic E-state index is 13.1. The third kappa shape index (κ3) is 1.83. The zero-order chi connectivity index (χ0) is 19.2. The number of carbonyl (C=O) groups excluding carboxylic acids is 2. The smallest absolute Gasteiger partial charge is 0.334 e. The van der Waals surface area contributed by atoms with Crippen LogP contribution >= 0.6 is 0 Å². The van der Waals surface area contributed by atoms with Crippen molar-refractivity contribution in [1.82, 2.24) is 0 Å². The van der Waals surface area contributed by atoms with Crippen LogP contribution in [0.1, 0.15) is 32.3 Å². The Bertz CT molecular complexity index is 894. The lowest BCUT2D eigenvalue weighted by Crippen LogP contribution is -2.57. The third-order valence-electron chi connectivity index (χ3n) is 7.72. The van der Waals surface area contributed by atoms with Crippen LogP contribution in [0.25, 0.3) is 0 Å². The summed E-state index contributed by atoms with van der Waals surface area (Å²) in [5.74, 6) is -0.563. The molecule has 1 N–H and O–H groups in total. The molecule has 0 amide bonds. The van der Waals surface area contributed by atoms with Crippen molar-refractivity contribution in [2.24, 2.45) is 17.3 Å². The fourth-order valence-electron chi connectivity index (χ4n) is 5.87. The molecule has 5 nitrogen and oxygen atoms in total. The van der Waals surface area contributed by atoms with Crippen LogP contribution in [-0.4, -0.2) is 40.6 Å². The highest BCUT2D eigenvalue weighted by Crippen LogP contribution is 2.62. The Balaban J connectivity index is 1.58. The van der Waals surface area contributed by atoms with Crippen molar-refractivity contribution in [1.29, 1.82) is 0 Å². The van der Waals surface area contributed by atoms with Gasteiger partial charge in [0.1, 0.15) is 11.7 Å². The number of ether oxygens (including phenoxy) is 1. The van der Waals surface area contributed by atoms with Crippen LogP contribution in [0.15, 0.2) is 36.4 Å². The highest BCUT2D eigenvalue weighted by molar-refractivity contribution is 6.02. The summed E-state index contributed by atoms with van der Waals surface area (Å²) in [5, 5.41) is 11.4. The molecule has 0 radical (unpaired) electrons. The van der Waals surface area contributed by atoms with Gasteiger partial charge in [-0.3, -0.25) is 4.79 Å². The van der Waals surface area contributed by atoms with Gasteiger partial charge in [-0.1, -0.05) is 19.1 Å². The topological polar surface area (TPSA) is 66.6 Å². The van der Waals surface area contributed by atoms with E-state index >= 15 is 0 Å². The zero-order valence-corrected chi connectivity index (χ0v) is 15.9. The summed E-state index contributed by atoms with van der Waals surface area (Å²) in [6, 6.07) is 8.12. The number of anilines is 1. The lowest BCUT2D eigenvalue weighted by atomic mass is 9.64. The molecule has 0 aromatic heterocycles. The molecule has 1 unspecified atom stereocenters. The van der Waals surface area contributed by atoms with E-state index < -0.39 is 22.7 Å².